The van der Waals surface area contributed by atoms with E-state index in [-0.39, 0.29) is 11.5 Å². The fraction of sp³-hybridized carbons (Fsp3) is 0.391. The van der Waals surface area contributed by atoms with Gasteiger partial charge in [0.2, 0.25) is 11.7 Å². The van der Waals surface area contributed by atoms with Gasteiger partial charge in [-0.3, -0.25) is 9.69 Å². The molecule has 1 amide bonds. The highest BCUT2D eigenvalue weighted by atomic mass is 19.1. The van der Waals surface area contributed by atoms with Crippen LogP contribution in [0.4, 0.5) is 15.8 Å². The maximum absolute atomic E-state index is 13.9. The number of rotatable bonds is 8. The molecule has 32 heavy (non-hydrogen) atoms. The molecule has 1 aliphatic heterocycles. The van der Waals surface area contributed by atoms with Crippen LogP contribution >= 0.6 is 0 Å². The number of carbonyl (C=O) groups is 1. The number of nitrogens with zero attached hydrogens (tertiary/aromatic N) is 3. The largest absolute Gasteiger partial charge is 0.493 e. The Morgan fingerprint density at radius 2 is 1.75 bits per heavy atom. The number of anilines is 2. The number of amides is 1. The number of nitrogens with one attached hydrogen (secondary N) is 1. The topological polar surface area (TPSA) is 87.1 Å². The second kappa shape index (κ2) is 10.7. The third kappa shape index (κ3) is 5.21. The summed E-state index contributed by atoms with van der Waals surface area (Å²) >= 11 is 0. The van der Waals surface area contributed by atoms with Crippen molar-refractivity contribution in [2.75, 3.05) is 64.3 Å². The summed E-state index contributed by atoms with van der Waals surface area (Å²) in [6, 6.07) is 10.00. The van der Waals surface area contributed by atoms with Gasteiger partial charge in [0.05, 0.1) is 27.0 Å². The van der Waals surface area contributed by atoms with Crippen LogP contribution in [0.1, 0.15) is 12.0 Å². The predicted molar refractivity (Wildman–Crippen MR) is 119 cm³/mol. The van der Waals surface area contributed by atoms with Gasteiger partial charge in [0.1, 0.15) is 17.4 Å². The smallest absolute Gasteiger partial charge is 0.225 e. The van der Waals surface area contributed by atoms with Crippen LogP contribution < -0.4 is 24.4 Å². The Kier molecular flexibility index (Phi) is 7.73. The molecule has 2 aromatic carbocycles. The third-order valence-corrected chi connectivity index (χ3v) is 5.42. The molecule has 2 aromatic rings. The fourth-order valence-electron chi connectivity index (χ4n) is 3.74. The molecule has 0 saturated carbocycles. The van der Waals surface area contributed by atoms with Crippen LogP contribution in [0.25, 0.3) is 0 Å². The van der Waals surface area contributed by atoms with Gasteiger partial charge in [-0.15, -0.1) is 0 Å². The Balaban J connectivity index is 1.53. The molecule has 3 rings (SSSR count). The Bertz CT molecular complexity index is 975. The van der Waals surface area contributed by atoms with Crippen molar-refractivity contribution in [3.8, 4) is 23.3 Å². The average molecular weight is 442 g/mol. The van der Waals surface area contributed by atoms with E-state index in [0.717, 1.165) is 13.1 Å². The third-order valence-electron chi connectivity index (χ3n) is 5.42. The standard InChI is InChI=1S/C23H27FN4O4/c1-30-20-13-16(14-21(31-2)23(20)32-3)26-22(29)7-8-27-9-11-28(12-10-27)19-6-4-5-18(24)17(19)15-25/h4-6,13-14H,7-12H2,1-3H3,(H,26,29). The Labute approximate surface area is 187 Å². The first-order valence-corrected chi connectivity index (χ1v) is 10.3. The van der Waals surface area contributed by atoms with Crippen molar-refractivity contribution in [1.29, 1.82) is 5.26 Å². The van der Waals surface area contributed by atoms with E-state index >= 15 is 0 Å². The van der Waals surface area contributed by atoms with Crippen molar-refractivity contribution < 1.29 is 23.4 Å². The summed E-state index contributed by atoms with van der Waals surface area (Å²) in [6.45, 7) is 3.36. The number of benzene rings is 2. The van der Waals surface area contributed by atoms with Crippen LogP contribution in [-0.4, -0.2) is 64.9 Å². The molecule has 1 saturated heterocycles. The first kappa shape index (κ1) is 23.2. The minimum Gasteiger partial charge on any atom is -0.493 e. The molecule has 0 radical (unpaired) electrons. The Morgan fingerprint density at radius 3 is 2.31 bits per heavy atom. The lowest BCUT2D eigenvalue weighted by molar-refractivity contribution is -0.116. The fourth-order valence-corrected chi connectivity index (χ4v) is 3.74. The van der Waals surface area contributed by atoms with Crippen molar-refractivity contribution in [1.82, 2.24) is 4.90 Å². The molecule has 0 atom stereocenters. The maximum atomic E-state index is 13.9. The summed E-state index contributed by atoms with van der Waals surface area (Å²) < 4.78 is 29.8. The normalized spacial score (nSPS) is 13.9. The van der Waals surface area contributed by atoms with Gasteiger partial charge >= 0.3 is 0 Å². The lowest BCUT2D eigenvalue weighted by Gasteiger charge is -2.36. The summed E-state index contributed by atoms with van der Waals surface area (Å²) in [4.78, 5) is 16.7. The quantitative estimate of drug-likeness (QED) is 0.673. The van der Waals surface area contributed by atoms with Gasteiger partial charge in [-0.1, -0.05) is 6.07 Å². The van der Waals surface area contributed by atoms with E-state index in [4.69, 9.17) is 14.2 Å². The number of hydrogen-bond donors (Lipinski definition) is 1. The van der Waals surface area contributed by atoms with Crippen molar-refractivity contribution >= 4 is 17.3 Å². The number of carbonyl (C=O) groups excluding carboxylic acids is 1. The highest BCUT2D eigenvalue weighted by molar-refractivity contribution is 5.91. The van der Waals surface area contributed by atoms with Crippen LogP contribution in [0.5, 0.6) is 17.2 Å². The maximum Gasteiger partial charge on any atom is 0.225 e. The first-order chi connectivity index (χ1) is 15.5. The number of ether oxygens (including phenoxy) is 3. The van der Waals surface area contributed by atoms with Crippen molar-refractivity contribution in [3.05, 3.63) is 41.7 Å². The van der Waals surface area contributed by atoms with Gasteiger partial charge < -0.3 is 24.4 Å². The lowest BCUT2D eigenvalue weighted by atomic mass is 10.1. The van der Waals surface area contributed by atoms with E-state index in [9.17, 15) is 14.4 Å². The van der Waals surface area contributed by atoms with Crippen molar-refractivity contribution in [2.45, 2.75) is 6.42 Å². The van der Waals surface area contributed by atoms with E-state index in [1.807, 2.05) is 11.0 Å². The molecule has 1 N–H and O–H groups in total. The molecule has 170 valence electrons. The van der Waals surface area contributed by atoms with Gasteiger partial charge in [0.25, 0.3) is 0 Å². The first-order valence-electron chi connectivity index (χ1n) is 10.3. The second-order valence-corrected chi connectivity index (χ2v) is 7.29. The molecule has 0 unspecified atom stereocenters. The van der Waals surface area contributed by atoms with Gasteiger partial charge in [-0.2, -0.15) is 5.26 Å². The minimum atomic E-state index is -0.504. The van der Waals surface area contributed by atoms with E-state index in [2.05, 4.69) is 10.2 Å². The summed E-state index contributed by atoms with van der Waals surface area (Å²) in [5, 5.41) is 12.1. The zero-order valence-electron chi connectivity index (χ0n) is 18.5. The molecule has 9 heteroatoms. The van der Waals surface area contributed by atoms with Crippen molar-refractivity contribution in [3.63, 3.8) is 0 Å². The number of piperazine rings is 1. The van der Waals surface area contributed by atoms with Crippen LogP contribution in [0.3, 0.4) is 0 Å². The molecular formula is C23H27FN4O4. The highest BCUT2D eigenvalue weighted by Crippen LogP contribution is 2.39. The van der Waals surface area contributed by atoms with Crippen LogP contribution in [0.15, 0.2) is 30.3 Å². The van der Waals surface area contributed by atoms with E-state index in [1.54, 1.807) is 24.3 Å². The molecule has 1 fully saturated rings. The summed E-state index contributed by atoms with van der Waals surface area (Å²) in [7, 11) is 4.56. The zero-order chi connectivity index (χ0) is 23.1. The van der Waals surface area contributed by atoms with E-state index in [0.29, 0.717) is 54.7 Å². The number of nitriles is 1. The molecule has 0 bridgehead atoms. The molecule has 0 aromatic heterocycles. The number of methoxy groups -OCH3 is 3. The molecule has 0 spiro atoms. The number of halogens is 1. The monoisotopic (exact) mass is 442 g/mol. The molecule has 1 aliphatic rings. The van der Waals surface area contributed by atoms with Crippen LogP contribution in [0, 0.1) is 17.1 Å². The predicted octanol–water partition coefficient (Wildman–Crippen LogP) is 2.87. The van der Waals surface area contributed by atoms with Crippen molar-refractivity contribution in [2.24, 2.45) is 0 Å². The summed E-state index contributed by atoms with van der Waals surface area (Å²) in [6.07, 6.45) is 0.320. The van der Waals surface area contributed by atoms with Gasteiger partial charge in [-0.05, 0) is 12.1 Å². The second-order valence-electron chi connectivity index (χ2n) is 7.29. The van der Waals surface area contributed by atoms with Gasteiger partial charge in [0, 0.05) is 57.0 Å². The SMILES string of the molecule is COc1cc(NC(=O)CCN2CCN(c3cccc(F)c3C#N)CC2)cc(OC)c1OC. The van der Waals surface area contributed by atoms with Crippen LogP contribution in [0.2, 0.25) is 0 Å². The van der Waals surface area contributed by atoms with Gasteiger partial charge in [-0.25, -0.2) is 4.39 Å². The Hall–Kier alpha value is -3.51. The van der Waals surface area contributed by atoms with Crippen LogP contribution in [-0.2, 0) is 4.79 Å². The average Bonchev–Trinajstić information content (AvgIpc) is 2.82. The molecule has 8 nitrogen and oxygen atoms in total. The number of hydrogen-bond acceptors (Lipinski definition) is 7. The lowest BCUT2D eigenvalue weighted by Crippen LogP contribution is -2.47. The molecule has 0 aliphatic carbocycles. The summed E-state index contributed by atoms with van der Waals surface area (Å²) in [5.74, 6) is 0.762. The summed E-state index contributed by atoms with van der Waals surface area (Å²) in [5.41, 5.74) is 1.25. The minimum absolute atomic E-state index is 0.0747. The molecule has 1 heterocycles. The van der Waals surface area contributed by atoms with E-state index < -0.39 is 5.82 Å². The highest BCUT2D eigenvalue weighted by Gasteiger charge is 2.21. The Morgan fingerprint density at radius 1 is 1.09 bits per heavy atom. The zero-order valence-corrected chi connectivity index (χ0v) is 18.5. The van der Waals surface area contributed by atoms with E-state index in [1.165, 1.54) is 27.4 Å². The molecular weight excluding hydrogens is 415 g/mol. The van der Waals surface area contributed by atoms with Gasteiger partial charge in [0.15, 0.2) is 11.5 Å².